The number of hydrogen-bond donors (Lipinski definition) is 2. The third-order valence-electron chi connectivity index (χ3n) is 3.39. The predicted octanol–water partition coefficient (Wildman–Crippen LogP) is 4.38. The molecule has 126 valence electrons. The Hall–Kier alpha value is -1.24. The van der Waals surface area contributed by atoms with Crippen molar-refractivity contribution in [1.82, 2.24) is 4.98 Å². The fraction of sp³-hybridized carbons (Fsp3) is 0.471. The molecule has 1 saturated heterocycles. The Morgan fingerprint density at radius 2 is 1.91 bits per heavy atom. The van der Waals surface area contributed by atoms with Crippen molar-refractivity contribution < 1.29 is 9.47 Å². The van der Waals surface area contributed by atoms with Gasteiger partial charge in [-0.25, -0.2) is 4.98 Å². The number of benzene rings is 1. The first-order valence-corrected chi connectivity index (χ1v) is 9.11. The maximum atomic E-state index is 5.56. The molecule has 1 fully saturated rings. The van der Waals surface area contributed by atoms with E-state index in [1.165, 1.54) is 11.3 Å². The summed E-state index contributed by atoms with van der Waals surface area (Å²) in [6.07, 6.45) is 2.41. The minimum Gasteiger partial charge on any atom is -0.491 e. The summed E-state index contributed by atoms with van der Waals surface area (Å²) in [5.41, 5.74) is 6.71. The molecule has 1 aliphatic heterocycles. The number of ether oxygens (including phenoxy) is 2. The molecule has 3 rings (SSSR count). The van der Waals surface area contributed by atoms with Crippen LogP contribution in [0.2, 0.25) is 0 Å². The van der Waals surface area contributed by atoms with Crippen LogP contribution in [0.3, 0.4) is 0 Å². The first kappa shape index (κ1) is 18.1. The highest BCUT2D eigenvalue weighted by Gasteiger charge is 2.17. The zero-order chi connectivity index (χ0) is 16.7. The van der Waals surface area contributed by atoms with Crippen LogP contribution in [-0.2, 0) is 4.74 Å². The molecule has 2 aromatic rings. The van der Waals surface area contributed by atoms with Crippen molar-refractivity contribution in [2.24, 2.45) is 0 Å². The molecule has 4 nitrogen and oxygen atoms in total. The molecule has 0 aliphatic carbocycles. The molecule has 23 heavy (non-hydrogen) atoms. The van der Waals surface area contributed by atoms with Crippen molar-refractivity contribution in [2.45, 2.75) is 43.6 Å². The van der Waals surface area contributed by atoms with E-state index in [9.17, 15) is 0 Å². The Morgan fingerprint density at radius 1 is 1.26 bits per heavy atom. The average molecular weight is 353 g/mol. The monoisotopic (exact) mass is 352 g/mol. The van der Waals surface area contributed by atoms with E-state index in [2.05, 4.69) is 23.0 Å². The molecule has 0 atom stereocenters. The second-order valence-corrected chi connectivity index (χ2v) is 7.06. The van der Waals surface area contributed by atoms with E-state index in [1.807, 2.05) is 38.1 Å². The summed E-state index contributed by atoms with van der Waals surface area (Å²) in [5, 5.41) is 2.74. The van der Waals surface area contributed by atoms with Gasteiger partial charge in [-0.05, 0) is 51.0 Å². The zero-order valence-electron chi connectivity index (χ0n) is 13.6. The van der Waals surface area contributed by atoms with Crippen LogP contribution in [0, 0.1) is 0 Å². The maximum absolute atomic E-state index is 5.56. The second kappa shape index (κ2) is 9.15. The van der Waals surface area contributed by atoms with Gasteiger partial charge < -0.3 is 15.2 Å². The van der Waals surface area contributed by atoms with Gasteiger partial charge in [0.2, 0.25) is 0 Å². The molecular formula is C17H24N2O2S2. The smallest absolute Gasteiger partial charge is 0.180 e. The molecule has 1 aromatic carbocycles. The van der Waals surface area contributed by atoms with E-state index in [1.54, 1.807) is 0 Å². The number of thiol groups is 1. The van der Waals surface area contributed by atoms with Gasteiger partial charge in [-0.3, -0.25) is 0 Å². The third-order valence-corrected chi connectivity index (χ3v) is 4.38. The highest BCUT2D eigenvalue weighted by molar-refractivity contribution is 7.80. The van der Waals surface area contributed by atoms with Gasteiger partial charge in [0.25, 0.3) is 0 Å². The molecule has 2 heterocycles. The lowest BCUT2D eigenvalue weighted by Gasteiger charge is -2.19. The van der Waals surface area contributed by atoms with Crippen molar-refractivity contribution >= 4 is 29.1 Å². The predicted molar refractivity (Wildman–Crippen MR) is 98.8 cm³/mol. The quantitative estimate of drug-likeness (QED) is 0.805. The van der Waals surface area contributed by atoms with Gasteiger partial charge >= 0.3 is 0 Å². The van der Waals surface area contributed by atoms with Crippen molar-refractivity contribution in [3.63, 3.8) is 0 Å². The van der Waals surface area contributed by atoms with Gasteiger partial charge in [-0.15, -0.1) is 24.0 Å². The first-order chi connectivity index (χ1) is 11.0. The van der Waals surface area contributed by atoms with E-state index in [0.717, 1.165) is 42.4 Å². The molecule has 1 aromatic heterocycles. The van der Waals surface area contributed by atoms with Gasteiger partial charge in [0.05, 0.1) is 11.8 Å². The Labute approximate surface area is 147 Å². The Morgan fingerprint density at radius 3 is 2.43 bits per heavy atom. The number of nitrogens with zero attached hydrogens (tertiary/aromatic N) is 1. The number of nitrogen functional groups attached to an aromatic ring is 1. The number of anilines is 1. The van der Waals surface area contributed by atoms with Gasteiger partial charge in [0.15, 0.2) is 5.13 Å². The molecular weight excluding hydrogens is 328 g/mol. The Kier molecular flexibility index (Phi) is 7.20. The van der Waals surface area contributed by atoms with Gasteiger partial charge in [-0.1, -0.05) is 0 Å². The van der Waals surface area contributed by atoms with Crippen LogP contribution in [0.25, 0.3) is 0 Å². The highest BCUT2D eigenvalue weighted by atomic mass is 32.1. The van der Waals surface area contributed by atoms with E-state index >= 15 is 0 Å². The number of thiazole rings is 1. The van der Waals surface area contributed by atoms with Crippen LogP contribution < -0.4 is 10.5 Å². The maximum Gasteiger partial charge on any atom is 0.180 e. The standard InChI is InChI=1S/C9H12OS.C8H12N2OS/c1-7(2)10-8-3-5-9(11)6-4-8;9-8-10-7(5-12-8)6-1-3-11-4-2-6/h3-7,11H,1-2H3;5-6H,1-4H2,(H2,9,10). The molecule has 0 saturated carbocycles. The summed E-state index contributed by atoms with van der Waals surface area (Å²) in [6.45, 7) is 5.74. The number of rotatable bonds is 3. The fourth-order valence-electron chi connectivity index (χ4n) is 2.28. The molecule has 0 radical (unpaired) electrons. The summed E-state index contributed by atoms with van der Waals surface area (Å²) in [4.78, 5) is 5.23. The van der Waals surface area contributed by atoms with Crippen LogP contribution in [-0.4, -0.2) is 24.3 Å². The van der Waals surface area contributed by atoms with E-state index < -0.39 is 0 Å². The zero-order valence-corrected chi connectivity index (χ0v) is 15.3. The van der Waals surface area contributed by atoms with Gasteiger partial charge in [0, 0.05) is 29.4 Å². The molecule has 0 spiro atoms. The summed E-state index contributed by atoms with van der Waals surface area (Å²) in [5.74, 6) is 1.48. The van der Waals surface area contributed by atoms with Crippen LogP contribution in [0.1, 0.15) is 38.3 Å². The molecule has 1 aliphatic rings. The SMILES string of the molecule is CC(C)Oc1ccc(S)cc1.Nc1nc(C2CCOCC2)cs1. The van der Waals surface area contributed by atoms with Gasteiger partial charge in [0.1, 0.15) is 5.75 Å². The van der Waals surface area contributed by atoms with Gasteiger partial charge in [-0.2, -0.15) is 0 Å². The topological polar surface area (TPSA) is 57.4 Å². The van der Waals surface area contributed by atoms with Crippen molar-refractivity contribution in [3.05, 3.63) is 35.3 Å². The third kappa shape index (κ3) is 6.41. The van der Waals surface area contributed by atoms with E-state index in [-0.39, 0.29) is 6.10 Å². The minimum atomic E-state index is 0.237. The normalized spacial score (nSPS) is 15.1. The molecule has 0 bridgehead atoms. The van der Waals surface area contributed by atoms with E-state index in [4.69, 9.17) is 15.2 Å². The number of aromatic nitrogens is 1. The first-order valence-electron chi connectivity index (χ1n) is 7.79. The fourth-order valence-corrected chi connectivity index (χ4v) is 3.07. The number of nitrogens with two attached hydrogens (primary N) is 1. The average Bonchev–Trinajstić information content (AvgIpc) is 2.97. The Balaban J connectivity index is 0.000000168. The molecule has 0 unspecified atom stereocenters. The van der Waals surface area contributed by atoms with Crippen LogP contribution >= 0.6 is 24.0 Å². The van der Waals surface area contributed by atoms with Crippen LogP contribution in [0.5, 0.6) is 5.75 Å². The summed E-state index contributed by atoms with van der Waals surface area (Å²) in [6, 6.07) is 7.67. The minimum absolute atomic E-state index is 0.237. The van der Waals surface area contributed by atoms with Crippen molar-refractivity contribution in [1.29, 1.82) is 0 Å². The van der Waals surface area contributed by atoms with Crippen LogP contribution in [0.4, 0.5) is 5.13 Å². The highest BCUT2D eigenvalue weighted by Crippen LogP contribution is 2.28. The van der Waals surface area contributed by atoms with Crippen molar-refractivity contribution in [2.75, 3.05) is 18.9 Å². The lowest BCUT2D eigenvalue weighted by atomic mass is 9.98. The van der Waals surface area contributed by atoms with Crippen molar-refractivity contribution in [3.8, 4) is 5.75 Å². The summed E-state index contributed by atoms with van der Waals surface area (Å²) >= 11 is 5.69. The molecule has 0 amide bonds. The number of hydrogen-bond acceptors (Lipinski definition) is 6. The summed E-state index contributed by atoms with van der Waals surface area (Å²) in [7, 11) is 0. The van der Waals surface area contributed by atoms with Crippen LogP contribution in [0.15, 0.2) is 34.5 Å². The lowest BCUT2D eigenvalue weighted by molar-refractivity contribution is 0.0846. The Bertz CT molecular complexity index is 579. The second-order valence-electron chi connectivity index (χ2n) is 5.66. The molecule has 2 N–H and O–H groups in total. The molecule has 6 heteroatoms. The lowest BCUT2D eigenvalue weighted by Crippen LogP contribution is -2.14. The largest absolute Gasteiger partial charge is 0.491 e. The van der Waals surface area contributed by atoms with E-state index in [0.29, 0.717) is 11.0 Å². The summed E-state index contributed by atoms with van der Waals surface area (Å²) < 4.78 is 10.7.